The fourth-order valence-corrected chi connectivity index (χ4v) is 4.79. The van der Waals surface area contributed by atoms with Crippen LogP contribution in [0.25, 0.3) is 6.08 Å². The molecule has 0 aliphatic carbocycles. The molecule has 0 bridgehead atoms. The van der Waals surface area contributed by atoms with Crippen molar-refractivity contribution < 1.29 is 37.2 Å². The number of halogens is 4. The van der Waals surface area contributed by atoms with Gasteiger partial charge in [0.25, 0.3) is 11.1 Å². The SMILES string of the molecule is COc1cc(/C=C2/SC(=O)N(Cc3cccc(Br)c3)C2=O)ccc1Oc1ccc(C(F)(F)F)cc1[N+](=O)[O-]. The molecule has 3 aromatic rings. The molecule has 1 aliphatic rings. The molecular weight excluding hydrogens is 593 g/mol. The number of rotatable bonds is 7. The Hall–Kier alpha value is -3.84. The van der Waals surface area contributed by atoms with Crippen LogP contribution >= 0.6 is 27.7 Å². The summed E-state index contributed by atoms with van der Waals surface area (Å²) in [6.07, 6.45) is -3.28. The van der Waals surface area contributed by atoms with Crippen molar-refractivity contribution in [1.29, 1.82) is 0 Å². The Morgan fingerprint density at radius 3 is 2.45 bits per heavy atom. The third-order valence-corrected chi connectivity index (χ3v) is 6.69. The molecule has 1 fully saturated rings. The predicted molar refractivity (Wildman–Crippen MR) is 137 cm³/mol. The molecule has 0 N–H and O–H groups in total. The van der Waals surface area contributed by atoms with E-state index in [0.717, 1.165) is 32.8 Å². The van der Waals surface area contributed by atoms with E-state index in [-0.39, 0.29) is 22.9 Å². The van der Waals surface area contributed by atoms with Crippen molar-refractivity contribution in [1.82, 2.24) is 4.90 Å². The van der Waals surface area contributed by atoms with Crippen LogP contribution in [0.4, 0.5) is 23.7 Å². The average Bonchev–Trinajstić information content (AvgIpc) is 3.11. The lowest BCUT2D eigenvalue weighted by molar-refractivity contribution is -0.385. The Bertz CT molecular complexity index is 1480. The highest BCUT2D eigenvalue weighted by Gasteiger charge is 2.35. The van der Waals surface area contributed by atoms with Crippen LogP contribution in [-0.4, -0.2) is 28.1 Å². The molecule has 8 nitrogen and oxygen atoms in total. The summed E-state index contributed by atoms with van der Waals surface area (Å²) in [6, 6.07) is 13.5. The van der Waals surface area contributed by atoms with E-state index >= 15 is 0 Å². The number of hydrogen-bond donors (Lipinski definition) is 0. The molecule has 0 radical (unpaired) electrons. The van der Waals surface area contributed by atoms with E-state index in [9.17, 15) is 32.9 Å². The lowest BCUT2D eigenvalue weighted by atomic mass is 10.1. The number of thioether (sulfide) groups is 1. The lowest BCUT2D eigenvalue weighted by Crippen LogP contribution is -2.27. The van der Waals surface area contributed by atoms with Gasteiger partial charge in [0.2, 0.25) is 5.75 Å². The van der Waals surface area contributed by atoms with Gasteiger partial charge in [0.05, 0.1) is 29.0 Å². The van der Waals surface area contributed by atoms with Crippen LogP contribution in [-0.2, 0) is 17.5 Å². The monoisotopic (exact) mass is 608 g/mol. The molecule has 38 heavy (non-hydrogen) atoms. The third kappa shape index (κ3) is 6.00. The van der Waals surface area contributed by atoms with Crippen LogP contribution < -0.4 is 9.47 Å². The Kier molecular flexibility index (Phi) is 7.78. The van der Waals surface area contributed by atoms with E-state index in [0.29, 0.717) is 17.7 Å². The lowest BCUT2D eigenvalue weighted by Gasteiger charge is -2.13. The standard InChI is InChI=1S/C25H16BrF3N2O6S/c1-36-21-10-14(11-22-23(32)30(24(33)38-22)13-15-3-2-4-17(26)9-15)5-7-20(21)37-19-8-6-16(25(27,28)29)12-18(19)31(34)35/h2-12H,13H2,1H3/b22-11+. The van der Waals surface area contributed by atoms with Gasteiger partial charge >= 0.3 is 11.9 Å². The Morgan fingerprint density at radius 1 is 1.05 bits per heavy atom. The first-order valence-corrected chi connectivity index (χ1v) is 12.3. The van der Waals surface area contributed by atoms with Gasteiger partial charge in [-0.25, -0.2) is 0 Å². The van der Waals surface area contributed by atoms with E-state index in [1.165, 1.54) is 31.4 Å². The largest absolute Gasteiger partial charge is 0.493 e. The minimum Gasteiger partial charge on any atom is -0.493 e. The van der Waals surface area contributed by atoms with E-state index in [1.54, 1.807) is 18.2 Å². The highest BCUT2D eigenvalue weighted by Crippen LogP contribution is 2.41. The summed E-state index contributed by atoms with van der Waals surface area (Å²) >= 11 is 4.13. The maximum absolute atomic E-state index is 13.0. The second-order valence-corrected chi connectivity index (χ2v) is 9.76. The van der Waals surface area contributed by atoms with E-state index < -0.39 is 39.2 Å². The van der Waals surface area contributed by atoms with Gasteiger partial charge in [-0.2, -0.15) is 13.2 Å². The highest BCUT2D eigenvalue weighted by atomic mass is 79.9. The zero-order valence-electron chi connectivity index (χ0n) is 19.3. The van der Waals surface area contributed by atoms with Crippen LogP contribution in [0.1, 0.15) is 16.7 Å². The van der Waals surface area contributed by atoms with Gasteiger partial charge in [-0.3, -0.25) is 24.6 Å². The molecule has 4 rings (SSSR count). The zero-order chi connectivity index (χ0) is 27.6. The quantitative estimate of drug-likeness (QED) is 0.156. The molecule has 3 aromatic carbocycles. The van der Waals surface area contributed by atoms with Crippen molar-refractivity contribution in [3.63, 3.8) is 0 Å². The molecule has 196 valence electrons. The first-order valence-electron chi connectivity index (χ1n) is 10.7. The van der Waals surface area contributed by atoms with Crippen molar-refractivity contribution in [2.45, 2.75) is 12.7 Å². The molecule has 0 saturated carbocycles. The maximum Gasteiger partial charge on any atom is 0.416 e. The van der Waals surface area contributed by atoms with Crippen molar-refractivity contribution in [3.05, 3.63) is 96.8 Å². The number of hydrogen-bond acceptors (Lipinski definition) is 7. The van der Waals surface area contributed by atoms with Gasteiger partial charge in [0, 0.05) is 10.5 Å². The Labute approximate surface area is 226 Å². The fraction of sp³-hybridized carbons (Fsp3) is 0.120. The zero-order valence-corrected chi connectivity index (χ0v) is 21.7. The number of ether oxygens (including phenoxy) is 2. The number of nitrogens with zero attached hydrogens (tertiary/aromatic N) is 2. The summed E-state index contributed by atoms with van der Waals surface area (Å²) in [6.45, 7) is 0.101. The molecule has 1 aliphatic heterocycles. The van der Waals surface area contributed by atoms with Crippen molar-refractivity contribution >= 4 is 50.6 Å². The fourth-order valence-electron chi connectivity index (χ4n) is 3.50. The highest BCUT2D eigenvalue weighted by molar-refractivity contribution is 9.10. The number of alkyl halides is 3. The van der Waals surface area contributed by atoms with Crippen LogP contribution in [0.5, 0.6) is 17.2 Å². The number of carbonyl (C=O) groups is 2. The third-order valence-electron chi connectivity index (χ3n) is 5.29. The minimum absolute atomic E-state index is 0.00438. The summed E-state index contributed by atoms with van der Waals surface area (Å²) in [5.41, 5.74) is -0.828. The molecule has 0 atom stereocenters. The van der Waals surface area contributed by atoms with Gasteiger partial charge < -0.3 is 9.47 Å². The number of imide groups is 1. The van der Waals surface area contributed by atoms with Gasteiger partial charge in [-0.15, -0.1) is 0 Å². The van der Waals surface area contributed by atoms with Crippen LogP contribution in [0, 0.1) is 10.1 Å². The second-order valence-electron chi connectivity index (χ2n) is 7.85. The molecule has 0 spiro atoms. The van der Waals surface area contributed by atoms with Gasteiger partial charge in [-0.05, 0) is 65.4 Å². The molecule has 1 heterocycles. The molecule has 13 heteroatoms. The Morgan fingerprint density at radius 2 is 1.79 bits per heavy atom. The first kappa shape index (κ1) is 27.2. The number of nitro benzene ring substituents is 1. The van der Waals surface area contributed by atoms with Crippen molar-refractivity contribution in [2.24, 2.45) is 0 Å². The molecule has 2 amide bonds. The summed E-state index contributed by atoms with van der Waals surface area (Å²) in [5.74, 6) is -0.793. The van der Waals surface area contributed by atoms with Crippen LogP contribution in [0.3, 0.4) is 0 Å². The van der Waals surface area contributed by atoms with Crippen molar-refractivity contribution in [2.75, 3.05) is 7.11 Å². The maximum atomic E-state index is 13.0. The number of nitro groups is 1. The van der Waals surface area contributed by atoms with E-state index in [1.807, 2.05) is 6.07 Å². The van der Waals surface area contributed by atoms with E-state index in [2.05, 4.69) is 15.9 Å². The van der Waals surface area contributed by atoms with E-state index in [4.69, 9.17) is 9.47 Å². The van der Waals surface area contributed by atoms with Crippen molar-refractivity contribution in [3.8, 4) is 17.2 Å². The van der Waals surface area contributed by atoms with Gasteiger partial charge in [0.1, 0.15) is 0 Å². The average molecular weight is 609 g/mol. The summed E-state index contributed by atoms with van der Waals surface area (Å²) in [7, 11) is 1.30. The molecule has 0 unspecified atom stereocenters. The first-order chi connectivity index (χ1) is 18.0. The smallest absolute Gasteiger partial charge is 0.416 e. The second kappa shape index (κ2) is 10.9. The molecule has 1 saturated heterocycles. The Balaban J connectivity index is 1.57. The van der Waals surface area contributed by atoms with Crippen LogP contribution in [0.2, 0.25) is 0 Å². The molecule has 0 aromatic heterocycles. The molecular formula is C25H16BrF3N2O6S. The summed E-state index contributed by atoms with van der Waals surface area (Å²) in [5, 5.41) is 10.9. The van der Waals surface area contributed by atoms with Gasteiger partial charge in [0.15, 0.2) is 11.5 Å². The predicted octanol–water partition coefficient (Wildman–Crippen LogP) is 7.41. The number of amides is 2. The number of carbonyl (C=O) groups excluding carboxylic acids is 2. The van der Waals surface area contributed by atoms with Crippen LogP contribution in [0.15, 0.2) is 70.0 Å². The number of benzene rings is 3. The minimum atomic E-state index is -4.76. The summed E-state index contributed by atoms with van der Waals surface area (Å²) < 4.78 is 50.6. The topological polar surface area (TPSA) is 99.0 Å². The number of methoxy groups -OCH3 is 1. The van der Waals surface area contributed by atoms with Gasteiger partial charge in [-0.1, -0.05) is 34.1 Å². The summed E-state index contributed by atoms with van der Waals surface area (Å²) in [4.78, 5) is 37.0. The normalized spacial score (nSPS) is 14.8.